The van der Waals surface area contributed by atoms with E-state index in [0.29, 0.717) is 26.0 Å². The fraction of sp³-hybridized carbons (Fsp3) is 0.833. The van der Waals surface area contributed by atoms with Crippen LogP contribution in [0.25, 0.3) is 0 Å². The molecule has 1 rings (SSSR count). The number of carbonyl (C=O) groups excluding carboxylic acids is 1. The van der Waals surface area contributed by atoms with Gasteiger partial charge in [0.05, 0.1) is 0 Å². The lowest BCUT2D eigenvalue weighted by molar-refractivity contribution is -0.161. The number of likely N-dealkylation sites (N-methyl/N-ethyl adjacent to an activating group) is 1. The lowest BCUT2D eigenvalue weighted by atomic mass is 10.00. The number of amides is 1. The second-order valence-corrected chi connectivity index (χ2v) is 4.35. The number of carboxylic acid groups (broad SMARTS) is 1. The molecule has 0 aromatic rings. The number of carboxylic acids is 1. The molecule has 0 aromatic carbocycles. The van der Waals surface area contributed by atoms with Crippen molar-refractivity contribution in [1.29, 1.82) is 0 Å². The molecule has 0 saturated heterocycles. The van der Waals surface area contributed by atoms with Crippen molar-refractivity contribution in [3.05, 3.63) is 0 Å². The molecule has 17 heavy (non-hydrogen) atoms. The fourth-order valence-corrected chi connectivity index (χ4v) is 2.42. The van der Waals surface area contributed by atoms with Crippen molar-refractivity contribution in [2.75, 3.05) is 19.7 Å². The van der Waals surface area contributed by atoms with Crippen LogP contribution in [0, 0.1) is 0 Å². The zero-order valence-electron chi connectivity index (χ0n) is 10.6. The summed E-state index contributed by atoms with van der Waals surface area (Å²) < 4.78 is 5.63. The molecule has 1 amide bonds. The molecule has 0 atom stereocenters. The Hall–Kier alpha value is -1.10. The molecular weight excluding hydrogens is 222 g/mol. The Morgan fingerprint density at radius 2 is 1.88 bits per heavy atom. The molecule has 1 N–H and O–H groups in total. The van der Waals surface area contributed by atoms with Crippen LogP contribution in [0.5, 0.6) is 0 Å². The standard InChI is InChI=1S/C12H21NO4/c1-3-13(9-10(14)15)11(16)12(17-4-2)7-5-6-8-12/h3-9H2,1-2H3,(H,14,15). The first-order valence-electron chi connectivity index (χ1n) is 6.21. The minimum absolute atomic E-state index is 0.165. The summed E-state index contributed by atoms with van der Waals surface area (Å²) in [5, 5.41) is 8.79. The van der Waals surface area contributed by atoms with E-state index in [0.717, 1.165) is 12.8 Å². The molecule has 1 aliphatic rings. The average Bonchev–Trinajstić information content (AvgIpc) is 2.75. The SMILES string of the molecule is CCOC1(C(=O)N(CC)CC(=O)O)CCCC1. The number of carbonyl (C=O) groups is 2. The Kier molecular flexibility index (Phi) is 4.93. The third-order valence-corrected chi connectivity index (χ3v) is 3.22. The highest BCUT2D eigenvalue weighted by Crippen LogP contribution is 2.34. The number of ether oxygens (including phenoxy) is 1. The maximum atomic E-state index is 12.4. The van der Waals surface area contributed by atoms with Crippen LogP contribution in [0.1, 0.15) is 39.5 Å². The first kappa shape index (κ1) is 14.0. The summed E-state index contributed by atoms with van der Waals surface area (Å²) in [6.07, 6.45) is 3.35. The largest absolute Gasteiger partial charge is 0.480 e. The number of rotatable bonds is 6. The smallest absolute Gasteiger partial charge is 0.323 e. The molecule has 0 radical (unpaired) electrons. The fourth-order valence-electron chi connectivity index (χ4n) is 2.42. The van der Waals surface area contributed by atoms with E-state index in [4.69, 9.17) is 9.84 Å². The molecule has 1 saturated carbocycles. The monoisotopic (exact) mass is 243 g/mol. The zero-order chi connectivity index (χ0) is 12.9. The van der Waals surface area contributed by atoms with Crippen molar-refractivity contribution in [1.82, 2.24) is 4.90 Å². The number of hydrogen-bond acceptors (Lipinski definition) is 3. The van der Waals surface area contributed by atoms with Gasteiger partial charge in [0.1, 0.15) is 12.1 Å². The van der Waals surface area contributed by atoms with Crippen molar-refractivity contribution in [3.63, 3.8) is 0 Å². The van der Waals surface area contributed by atoms with Crippen LogP contribution in [0.15, 0.2) is 0 Å². The number of hydrogen-bond donors (Lipinski definition) is 1. The van der Waals surface area contributed by atoms with Gasteiger partial charge in [0.2, 0.25) is 0 Å². The van der Waals surface area contributed by atoms with Gasteiger partial charge in [-0.15, -0.1) is 0 Å². The first-order valence-corrected chi connectivity index (χ1v) is 6.21. The summed E-state index contributed by atoms with van der Waals surface area (Å²) in [7, 11) is 0. The lowest BCUT2D eigenvalue weighted by Gasteiger charge is -2.32. The summed E-state index contributed by atoms with van der Waals surface area (Å²) in [5.74, 6) is -1.15. The minimum Gasteiger partial charge on any atom is -0.480 e. The molecular formula is C12H21NO4. The molecule has 0 aliphatic heterocycles. The van der Waals surface area contributed by atoms with Crippen LogP contribution in [-0.2, 0) is 14.3 Å². The summed E-state index contributed by atoms with van der Waals surface area (Å²) in [5.41, 5.74) is -0.764. The second kappa shape index (κ2) is 6.00. The maximum absolute atomic E-state index is 12.4. The molecule has 98 valence electrons. The highest BCUT2D eigenvalue weighted by molar-refractivity contribution is 5.88. The van der Waals surface area contributed by atoms with Gasteiger partial charge < -0.3 is 14.7 Å². The van der Waals surface area contributed by atoms with E-state index in [1.165, 1.54) is 4.90 Å². The van der Waals surface area contributed by atoms with Gasteiger partial charge in [0.15, 0.2) is 0 Å². The van der Waals surface area contributed by atoms with Crippen LogP contribution < -0.4 is 0 Å². The van der Waals surface area contributed by atoms with Gasteiger partial charge in [-0.25, -0.2) is 0 Å². The third-order valence-electron chi connectivity index (χ3n) is 3.22. The van der Waals surface area contributed by atoms with Crippen molar-refractivity contribution in [3.8, 4) is 0 Å². The first-order chi connectivity index (χ1) is 8.05. The Morgan fingerprint density at radius 3 is 2.29 bits per heavy atom. The van der Waals surface area contributed by atoms with E-state index in [-0.39, 0.29) is 12.5 Å². The van der Waals surface area contributed by atoms with Crippen LogP contribution in [-0.4, -0.2) is 47.2 Å². The lowest BCUT2D eigenvalue weighted by Crippen LogP contribution is -2.50. The predicted octanol–water partition coefficient (Wildman–Crippen LogP) is 1.27. The molecule has 0 heterocycles. The van der Waals surface area contributed by atoms with Gasteiger partial charge in [-0.1, -0.05) is 0 Å². The van der Waals surface area contributed by atoms with E-state index in [2.05, 4.69) is 0 Å². The molecule has 1 aliphatic carbocycles. The highest BCUT2D eigenvalue weighted by Gasteiger charge is 2.44. The van der Waals surface area contributed by atoms with Crippen molar-refractivity contribution >= 4 is 11.9 Å². The van der Waals surface area contributed by atoms with Gasteiger partial charge in [0, 0.05) is 13.2 Å². The van der Waals surface area contributed by atoms with Crippen LogP contribution >= 0.6 is 0 Å². The van der Waals surface area contributed by atoms with Gasteiger partial charge >= 0.3 is 5.97 Å². The van der Waals surface area contributed by atoms with Gasteiger partial charge in [-0.2, -0.15) is 0 Å². The number of aliphatic carboxylic acids is 1. The number of nitrogens with zero attached hydrogens (tertiary/aromatic N) is 1. The minimum atomic E-state index is -0.982. The molecule has 0 unspecified atom stereocenters. The molecule has 5 heteroatoms. The van der Waals surface area contributed by atoms with Crippen LogP contribution in [0.3, 0.4) is 0 Å². The van der Waals surface area contributed by atoms with E-state index in [1.807, 2.05) is 6.92 Å². The normalized spacial score (nSPS) is 18.0. The molecule has 0 bridgehead atoms. The Bertz CT molecular complexity index is 284. The van der Waals surface area contributed by atoms with Gasteiger partial charge in [-0.05, 0) is 39.5 Å². The van der Waals surface area contributed by atoms with Gasteiger partial charge in [-0.3, -0.25) is 9.59 Å². The van der Waals surface area contributed by atoms with Crippen molar-refractivity contribution in [2.24, 2.45) is 0 Å². The molecule has 5 nitrogen and oxygen atoms in total. The third kappa shape index (κ3) is 3.19. The van der Waals surface area contributed by atoms with Gasteiger partial charge in [0.25, 0.3) is 5.91 Å². The Labute approximate surface area is 102 Å². The maximum Gasteiger partial charge on any atom is 0.323 e. The quantitative estimate of drug-likeness (QED) is 0.763. The predicted molar refractivity (Wildman–Crippen MR) is 62.7 cm³/mol. The second-order valence-electron chi connectivity index (χ2n) is 4.35. The van der Waals surface area contributed by atoms with Crippen LogP contribution in [0.2, 0.25) is 0 Å². The summed E-state index contributed by atoms with van der Waals surface area (Å²) in [4.78, 5) is 24.4. The summed E-state index contributed by atoms with van der Waals surface area (Å²) in [6, 6.07) is 0. The summed E-state index contributed by atoms with van der Waals surface area (Å²) >= 11 is 0. The van der Waals surface area contributed by atoms with Crippen LogP contribution in [0.4, 0.5) is 0 Å². The van der Waals surface area contributed by atoms with E-state index >= 15 is 0 Å². The van der Waals surface area contributed by atoms with E-state index in [9.17, 15) is 9.59 Å². The molecule has 1 fully saturated rings. The zero-order valence-corrected chi connectivity index (χ0v) is 10.6. The Morgan fingerprint density at radius 1 is 1.29 bits per heavy atom. The highest BCUT2D eigenvalue weighted by atomic mass is 16.5. The van der Waals surface area contributed by atoms with Crippen molar-refractivity contribution in [2.45, 2.75) is 45.1 Å². The molecule has 0 aromatic heterocycles. The topological polar surface area (TPSA) is 66.8 Å². The van der Waals surface area contributed by atoms with E-state index in [1.54, 1.807) is 6.92 Å². The summed E-state index contributed by atoms with van der Waals surface area (Å²) in [6.45, 7) is 4.29. The van der Waals surface area contributed by atoms with E-state index < -0.39 is 11.6 Å². The Balaban J connectivity index is 2.78. The molecule has 0 spiro atoms. The average molecular weight is 243 g/mol. The van der Waals surface area contributed by atoms with Crippen molar-refractivity contribution < 1.29 is 19.4 Å².